The summed E-state index contributed by atoms with van der Waals surface area (Å²) < 4.78 is 10.7. The van der Waals surface area contributed by atoms with Gasteiger partial charge in [-0.3, -0.25) is 9.80 Å². The SMILES string of the molecule is CCOCCN1CCN(CCOCC)CC1.Cl.Cl. The van der Waals surface area contributed by atoms with Crippen molar-refractivity contribution in [3.63, 3.8) is 0 Å². The van der Waals surface area contributed by atoms with Crippen molar-refractivity contribution < 1.29 is 9.47 Å². The molecule has 1 aliphatic rings. The maximum absolute atomic E-state index is 5.37. The maximum atomic E-state index is 5.37. The van der Waals surface area contributed by atoms with Crippen molar-refractivity contribution in [2.45, 2.75) is 13.8 Å². The van der Waals surface area contributed by atoms with Gasteiger partial charge in [0.25, 0.3) is 0 Å². The Morgan fingerprint density at radius 3 is 1.33 bits per heavy atom. The molecule has 0 aromatic heterocycles. The van der Waals surface area contributed by atoms with Crippen LogP contribution in [-0.2, 0) is 9.47 Å². The highest BCUT2D eigenvalue weighted by Crippen LogP contribution is 2.01. The smallest absolute Gasteiger partial charge is 0.0593 e. The van der Waals surface area contributed by atoms with Gasteiger partial charge < -0.3 is 9.47 Å². The van der Waals surface area contributed by atoms with Gasteiger partial charge in [0.05, 0.1) is 13.2 Å². The van der Waals surface area contributed by atoms with Gasteiger partial charge in [-0.2, -0.15) is 0 Å². The first-order valence-corrected chi connectivity index (χ1v) is 6.47. The molecule has 0 spiro atoms. The van der Waals surface area contributed by atoms with Crippen LogP contribution in [0.15, 0.2) is 0 Å². The lowest BCUT2D eigenvalue weighted by Gasteiger charge is -2.34. The molecule has 0 aliphatic carbocycles. The van der Waals surface area contributed by atoms with Gasteiger partial charge in [0.15, 0.2) is 0 Å². The average molecular weight is 303 g/mol. The minimum absolute atomic E-state index is 0. The van der Waals surface area contributed by atoms with Crippen molar-refractivity contribution >= 4 is 24.8 Å². The summed E-state index contributed by atoms with van der Waals surface area (Å²) in [6.07, 6.45) is 0. The minimum Gasteiger partial charge on any atom is -0.380 e. The van der Waals surface area contributed by atoms with Crippen LogP contribution in [0.4, 0.5) is 0 Å². The molecule has 18 heavy (non-hydrogen) atoms. The van der Waals surface area contributed by atoms with E-state index in [2.05, 4.69) is 9.80 Å². The maximum Gasteiger partial charge on any atom is 0.0593 e. The zero-order chi connectivity index (χ0) is 11.6. The highest BCUT2D eigenvalue weighted by atomic mass is 35.5. The summed E-state index contributed by atoms with van der Waals surface area (Å²) >= 11 is 0. The Morgan fingerprint density at radius 1 is 0.722 bits per heavy atom. The molecule has 0 radical (unpaired) electrons. The summed E-state index contributed by atoms with van der Waals surface area (Å²) in [6.45, 7) is 14.3. The number of nitrogens with zero attached hydrogens (tertiary/aromatic N) is 2. The van der Waals surface area contributed by atoms with E-state index >= 15 is 0 Å². The molecule has 0 unspecified atom stereocenters. The van der Waals surface area contributed by atoms with Crippen LogP contribution < -0.4 is 0 Å². The zero-order valence-electron chi connectivity index (χ0n) is 11.6. The lowest BCUT2D eigenvalue weighted by atomic mass is 10.3. The molecular formula is C12H28Cl2N2O2. The van der Waals surface area contributed by atoms with Crippen LogP contribution in [0.5, 0.6) is 0 Å². The fourth-order valence-electron chi connectivity index (χ4n) is 1.91. The van der Waals surface area contributed by atoms with Crippen molar-refractivity contribution in [1.29, 1.82) is 0 Å². The van der Waals surface area contributed by atoms with E-state index in [9.17, 15) is 0 Å². The molecule has 0 bridgehead atoms. The minimum atomic E-state index is 0. The van der Waals surface area contributed by atoms with Gasteiger partial charge in [0, 0.05) is 52.5 Å². The number of halogens is 2. The topological polar surface area (TPSA) is 24.9 Å². The Morgan fingerprint density at radius 2 is 1.06 bits per heavy atom. The number of ether oxygens (including phenoxy) is 2. The first-order chi connectivity index (χ1) is 7.86. The monoisotopic (exact) mass is 302 g/mol. The lowest BCUT2D eigenvalue weighted by Crippen LogP contribution is -2.48. The van der Waals surface area contributed by atoms with Crippen molar-refractivity contribution in [1.82, 2.24) is 9.80 Å². The molecule has 0 aromatic rings. The van der Waals surface area contributed by atoms with Crippen LogP contribution in [0.1, 0.15) is 13.8 Å². The van der Waals surface area contributed by atoms with Gasteiger partial charge >= 0.3 is 0 Å². The molecular weight excluding hydrogens is 275 g/mol. The van der Waals surface area contributed by atoms with Crippen molar-refractivity contribution in [2.75, 3.05) is 65.7 Å². The fourth-order valence-corrected chi connectivity index (χ4v) is 1.91. The average Bonchev–Trinajstić information content (AvgIpc) is 2.32. The Balaban J connectivity index is 0. The van der Waals surface area contributed by atoms with E-state index in [-0.39, 0.29) is 24.8 Å². The molecule has 0 saturated carbocycles. The van der Waals surface area contributed by atoms with Gasteiger partial charge in [-0.25, -0.2) is 0 Å². The number of hydrogen-bond donors (Lipinski definition) is 0. The second-order valence-electron chi connectivity index (χ2n) is 4.08. The summed E-state index contributed by atoms with van der Waals surface area (Å²) in [7, 11) is 0. The Kier molecular flexibility index (Phi) is 15.9. The Hall–Kier alpha value is 0.420. The van der Waals surface area contributed by atoms with Crippen molar-refractivity contribution in [3.05, 3.63) is 0 Å². The van der Waals surface area contributed by atoms with Gasteiger partial charge in [0.2, 0.25) is 0 Å². The second kappa shape index (κ2) is 13.8. The highest BCUT2D eigenvalue weighted by Gasteiger charge is 2.15. The third kappa shape index (κ3) is 9.36. The Labute approximate surface area is 124 Å². The molecule has 0 amide bonds. The number of rotatable bonds is 8. The molecule has 1 rings (SSSR count). The van der Waals surface area contributed by atoms with E-state index < -0.39 is 0 Å². The molecule has 6 heteroatoms. The molecule has 1 fully saturated rings. The van der Waals surface area contributed by atoms with Crippen molar-refractivity contribution in [3.8, 4) is 0 Å². The third-order valence-electron chi connectivity index (χ3n) is 2.98. The molecule has 1 aliphatic heterocycles. The van der Waals surface area contributed by atoms with E-state index in [0.29, 0.717) is 0 Å². The van der Waals surface area contributed by atoms with Gasteiger partial charge in [-0.05, 0) is 13.8 Å². The molecule has 0 aromatic carbocycles. The molecule has 0 atom stereocenters. The predicted octanol–water partition coefficient (Wildman–Crippen LogP) is 1.52. The van der Waals surface area contributed by atoms with E-state index in [1.807, 2.05) is 13.8 Å². The third-order valence-corrected chi connectivity index (χ3v) is 2.98. The second-order valence-corrected chi connectivity index (χ2v) is 4.08. The normalized spacial score (nSPS) is 17.0. The predicted molar refractivity (Wildman–Crippen MR) is 80.4 cm³/mol. The van der Waals surface area contributed by atoms with Crippen LogP contribution in [0.3, 0.4) is 0 Å². The molecule has 0 N–H and O–H groups in total. The quantitative estimate of drug-likeness (QED) is 0.635. The summed E-state index contributed by atoms with van der Waals surface area (Å²) in [5, 5.41) is 0. The van der Waals surface area contributed by atoms with E-state index in [4.69, 9.17) is 9.47 Å². The summed E-state index contributed by atoms with van der Waals surface area (Å²) in [5.74, 6) is 0. The first kappa shape index (κ1) is 20.7. The van der Waals surface area contributed by atoms with Crippen LogP contribution in [0.25, 0.3) is 0 Å². The lowest BCUT2D eigenvalue weighted by molar-refractivity contribution is 0.0619. The summed E-state index contributed by atoms with van der Waals surface area (Å²) in [5.41, 5.74) is 0. The number of hydrogen-bond acceptors (Lipinski definition) is 4. The zero-order valence-corrected chi connectivity index (χ0v) is 13.2. The van der Waals surface area contributed by atoms with Gasteiger partial charge in [-0.15, -0.1) is 24.8 Å². The van der Waals surface area contributed by atoms with Crippen LogP contribution >= 0.6 is 24.8 Å². The van der Waals surface area contributed by atoms with Crippen LogP contribution in [-0.4, -0.2) is 75.5 Å². The number of piperazine rings is 1. The van der Waals surface area contributed by atoms with Gasteiger partial charge in [0.1, 0.15) is 0 Å². The fraction of sp³-hybridized carbons (Fsp3) is 1.00. The molecule has 1 saturated heterocycles. The molecule has 4 nitrogen and oxygen atoms in total. The molecule has 112 valence electrons. The van der Waals surface area contributed by atoms with E-state index in [1.54, 1.807) is 0 Å². The summed E-state index contributed by atoms with van der Waals surface area (Å²) in [6, 6.07) is 0. The summed E-state index contributed by atoms with van der Waals surface area (Å²) in [4.78, 5) is 4.96. The largest absolute Gasteiger partial charge is 0.380 e. The van der Waals surface area contributed by atoms with E-state index in [0.717, 1.165) is 39.5 Å². The van der Waals surface area contributed by atoms with Crippen LogP contribution in [0, 0.1) is 0 Å². The van der Waals surface area contributed by atoms with E-state index in [1.165, 1.54) is 26.2 Å². The molecule has 1 heterocycles. The van der Waals surface area contributed by atoms with Crippen LogP contribution in [0.2, 0.25) is 0 Å². The standard InChI is InChI=1S/C12H26N2O2.2ClH/c1-3-15-11-9-13-5-7-14(8-6-13)10-12-16-4-2;;/h3-12H2,1-2H3;2*1H. The van der Waals surface area contributed by atoms with Crippen molar-refractivity contribution in [2.24, 2.45) is 0 Å². The Bertz CT molecular complexity index is 150. The van der Waals surface area contributed by atoms with Gasteiger partial charge in [-0.1, -0.05) is 0 Å². The first-order valence-electron chi connectivity index (χ1n) is 6.47. The highest BCUT2D eigenvalue weighted by molar-refractivity contribution is 5.85.